The third-order valence-electron chi connectivity index (χ3n) is 6.36. The average Bonchev–Trinajstić information content (AvgIpc) is 3.30. The fourth-order valence-corrected chi connectivity index (χ4v) is 3.94. The van der Waals surface area contributed by atoms with Crippen molar-refractivity contribution in [1.29, 1.82) is 0 Å². The lowest BCUT2D eigenvalue weighted by atomic mass is 9.97. The summed E-state index contributed by atoms with van der Waals surface area (Å²) < 4.78 is 0. The van der Waals surface area contributed by atoms with Crippen LogP contribution in [0.5, 0.6) is 0 Å². The number of carboxylic acids is 2. The zero-order valence-corrected chi connectivity index (χ0v) is 21.7. The van der Waals surface area contributed by atoms with Crippen LogP contribution >= 0.6 is 0 Å². The smallest absolute Gasteiger partial charge is 0.305 e. The minimum atomic E-state index is -1.54. The van der Waals surface area contributed by atoms with Crippen molar-refractivity contribution in [2.24, 2.45) is 11.7 Å². The van der Waals surface area contributed by atoms with Crippen LogP contribution in [0.15, 0.2) is 30.5 Å². The van der Waals surface area contributed by atoms with Crippen LogP contribution < -0.4 is 21.7 Å². The second-order valence-electron chi connectivity index (χ2n) is 9.31. The predicted octanol–water partition coefficient (Wildman–Crippen LogP) is -0.0126. The Balaban J connectivity index is 2.12. The van der Waals surface area contributed by atoms with E-state index in [-0.39, 0.29) is 19.3 Å². The van der Waals surface area contributed by atoms with E-state index in [2.05, 4.69) is 20.9 Å². The van der Waals surface area contributed by atoms with Crippen molar-refractivity contribution >= 4 is 46.8 Å². The maximum atomic E-state index is 13.1. The van der Waals surface area contributed by atoms with Crippen molar-refractivity contribution in [3.05, 3.63) is 36.0 Å². The first kappa shape index (κ1) is 31.0. The maximum absolute atomic E-state index is 13.1. The van der Waals surface area contributed by atoms with Gasteiger partial charge in [0, 0.05) is 23.5 Å². The minimum absolute atomic E-state index is 0.120. The van der Waals surface area contributed by atoms with Crippen LogP contribution in [0.25, 0.3) is 10.9 Å². The summed E-state index contributed by atoms with van der Waals surface area (Å²) in [6.07, 6.45) is 2.48. The standard InChI is InChI=1S/C26H34N5O8/c1-3-14(2)23(26(39)29-16(13-32)8-9-21(33)34)31-25(38)20(11-22(35)36)30-24(37)18(27)10-15-12-28-19-7-5-4-6-17(15)19/h4-7,12,14,16,18,20,23,28H,3,8-11,27H2,1-2H3,(H,29,39)(H,30,37)(H,31,38)(H,33,34)(H,35,36)/t14-,16-,18-,20-,23-/m0/s1. The summed E-state index contributed by atoms with van der Waals surface area (Å²) in [4.78, 5) is 75.3. The summed E-state index contributed by atoms with van der Waals surface area (Å²) in [6, 6.07) is 2.37. The van der Waals surface area contributed by atoms with E-state index in [9.17, 15) is 33.9 Å². The number of hydrogen-bond acceptors (Lipinski definition) is 7. The summed E-state index contributed by atoms with van der Waals surface area (Å²) in [5, 5.41) is 26.2. The monoisotopic (exact) mass is 544 g/mol. The number of rotatable bonds is 16. The highest BCUT2D eigenvalue weighted by molar-refractivity contribution is 5.95. The molecule has 1 radical (unpaired) electrons. The maximum Gasteiger partial charge on any atom is 0.305 e. The summed E-state index contributed by atoms with van der Waals surface area (Å²) in [7, 11) is 0. The molecule has 211 valence electrons. The molecule has 0 aliphatic heterocycles. The molecule has 0 bridgehead atoms. The first-order valence-electron chi connectivity index (χ1n) is 12.5. The van der Waals surface area contributed by atoms with Gasteiger partial charge in [0.15, 0.2) is 0 Å². The number of hydrogen-bond donors (Lipinski definition) is 7. The second-order valence-corrected chi connectivity index (χ2v) is 9.31. The molecule has 1 aromatic carbocycles. The molecule has 1 aromatic heterocycles. The molecule has 5 atom stereocenters. The minimum Gasteiger partial charge on any atom is -0.481 e. The number of aliphatic carboxylic acids is 2. The number of amides is 3. The molecule has 0 saturated carbocycles. The summed E-state index contributed by atoms with van der Waals surface area (Å²) in [5.74, 6) is -5.43. The van der Waals surface area contributed by atoms with Crippen molar-refractivity contribution in [3.63, 3.8) is 0 Å². The summed E-state index contributed by atoms with van der Waals surface area (Å²) >= 11 is 0. The molecule has 0 aliphatic carbocycles. The van der Waals surface area contributed by atoms with Gasteiger partial charge in [-0.1, -0.05) is 38.5 Å². The zero-order valence-electron chi connectivity index (χ0n) is 21.7. The fourth-order valence-electron chi connectivity index (χ4n) is 3.94. The van der Waals surface area contributed by atoms with E-state index in [0.717, 1.165) is 16.5 Å². The number of aromatic nitrogens is 1. The van der Waals surface area contributed by atoms with Gasteiger partial charge in [-0.2, -0.15) is 0 Å². The van der Waals surface area contributed by atoms with E-state index in [1.54, 1.807) is 26.3 Å². The molecule has 13 heteroatoms. The zero-order chi connectivity index (χ0) is 29.1. The Labute approximate surface area is 224 Å². The number of fused-ring (bicyclic) bond motifs is 1. The van der Waals surface area contributed by atoms with Crippen LogP contribution in [-0.4, -0.2) is 75.3 Å². The van der Waals surface area contributed by atoms with Crippen molar-refractivity contribution in [3.8, 4) is 0 Å². The van der Waals surface area contributed by atoms with Crippen LogP contribution in [0.3, 0.4) is 0 Å². The van der Waals surface area contributed by atoms with Gasteiger partial charge in [0.25, 0.3) is 0 Å². The van der Waals surface area contributed by atoms with E-state index in [0.29, 0.717) is 6.42 Å². The third kappa shape index (κ3) is 9.21. The van der Waals surface area contributed by atoms with E-state index in [1.165, 1.54) is 0 Å². The first-order valence-corrected chi connectivity index (χ1v) is 12.5. The molecule has 13 nitrogen and oxygen atoms in total. The first-order chi connectivity index (χ1) is 18.5. The molecule has 0 unspecified atom stereocenters. The molecule has 3 amide bonds. The van der Waals surface area contributed by atoms with E-state index in [4.69, 9.17) is 10.8 Å². The lowest BCUT2D eigenvalue weighted by Gasteiger charge is -2.27. The van der Waals surface area contributed by atoms with E-state index in [1.807, 2.05) is 24.3 Å². The topological polar surface area (TPSA) is 221 Å². The molecule has 2 rings (SSSR count). The van der Waals surface area contributed by atoms with Gasteiger partial charge in [-0.15, -0.1) is 0 Å². The largest absolute Gasteiger partial charge is 0.481 e. The number of para-hydroxylation sites is 1. The van der Waals surface area contributed by atoms with Crippen molar-refractivity contribution in [2.75, 3.05) is 0 Å². The molecule has 0 spiro atoms. The average molecular weight is 545 g/mol. The van der Waals surface area contributed by atoms with Crippen molar-refractivity contribution in [1.82, 2.24) is 20.9 Å². The fraction of sp³-hybridized carbons (Fsp3) is 0.462. The van der Waals surface area contributed by atoms with Crippen LogP contribution in [0, 0.1) is 5.92 Å². The van der Waals surface area contributed by atoms with Crippen LogP contribution in [-0.2, 0) is 35.2 Å². The quantitative estimate of drug-likeness (QED) is 0.151. The number of carboxylic acid groups (broad SMARTS) is 2. The summed E-state index contributed by atoms with van der Waals surface area (Å²) in [6.45, 7) is 3.41. The molecule has 0 fully saturated rings. The molecular formula is C26H34N5O8. The molecule has 39 heavy (non-hydrogen) atoms. The Hall–Kier alpha value is -4.26. The van der Waals surface area contributed by atoms with Gasteiger partial charge in [0.1, 0.15) is 12.1 Å². The van der Waals surface area contributed by atoms with Gasteiger partial charge >= 0.3 is 11.9 Å². The van der Waals surface area contributed by atoms with Gasteiger partial charge < -0.3 is 36.9 Å². The highest BCUT2D eigenvalue weighted by Crippen LogP contribution is 2.19. The Morgan fingerprint density at radius 1 is 1.00 bits per heavy atom. The Bertz CT molecular complexity index is 1200. The molecule has 0 saturated heterocycles. The molecule has 8 N–H and O–H groups in total. The number of carbonyl (C=O) groups excluding carboxylic acids is 4. The van der Waals surface area contributed by atoms with Gasteiger partial charge in [-0.05, 0) is 30.4 Å². The van der Waals surface area contributed by atoms with E-state index >= 15 is 0 Å². The number of aromatic amines is 1. The SMILES string of the molecule is CC[C@H](C)[C@H](NC(=O)[C@H](CC(=O)O)NC(=O)[C@@H](N)Cc1c[nH]c2ccccc12)C(=O)N[C@H]([C]=O)CCC(=O)O. The molecular weight excluding hydrogens is 510 g/mol. The Morgan fingerprint density at radius 2 is 1.69 bits per heavy atom. The van der Waals surface area contributed by atoms with Crippen LogP contribution in [0.2, 0.25) is 0 Å². The van der Waals surface area contributed by atoms with E-state index < -0.39 is 66.2 Å². The number of nitrogens with one attached hydrogen (secondary N) is 4. The molecule has 1 heterocycles. The van der Waals surface area contributed by atoms with Crippen molar-refractivity contribution < 1.29 is 39.0 Å². The number of nitrogens with two attached hydrogens (primary N) is 1. The molecule has 2 aromatic rings. The van der Waals surface area contributed by atoms with Gasteiger partial charge in [0.2, 0.25) is 24.0 Å². The van der Waals surface area contributed by atoms with Crippen LogP contribution in [0.4, 0.5) is 0 Å². The normalized spacial score (nSPS) is 14.8. The lowest BCUT2D eigenvalue weighted by molar-refractivity contribution is -0.141. The Kier molecular flexibility index (Phi) is 11.6. The van der Waals surface area contributed by atoms with Gasteiger partial charge in [0.05, 0.1) is 18.5 Å². The second kappa shape index (κ2) is 14.6. The number of carbonyl (C=O) groups is 5. The highest BCUT2D eigenvalue weighted by atomic mass is 16.4. The van der Waals surface area contributed by atoms with Gasteiger partial charge in [-0.3, -0.25) is 28.8 Å². The predicted molar refractivity (Wildman–Crippen MR) is 140 cm³/mol. The highest BCUT2D eigenvalue weighted by Gasteiger charge is 2.33. The third-order valence-corrected chi connectivity index (χ3v) is 6.36. The van der Waals surface area contributed by atoms with Crippen molar-refractivity contribution in [2.45, 2.75) is 70.1 Å². The number of H-pyrrole nitrogens is 1. The van der Waals surface area contributed by atoms with Crippen LogP contribution in [0.1, 0.15) is 45.1 Å². The molecule has 0 aliphatic rings. The van der Waals surface area contributed by atoms with Gasteiger partial charge in [-0.25, -0.2) is 0 Å². The lowest BCUT2D eigenvalue weighted by Crippen LogP contribution is -2.58. The Morgan fingerprint density at radius 3 is 2.31 bits per heavy atom. The number of benzene rings is 1. The summed E-state index contributed by atoms with van der Waals surface area (Å²) in [5.41, 5.74) is 7.70.